The highest BCUT2D eigenvalue weighted by Gasteiger charge is 2.33. The molecule has 23 heavy (non-hydrogen) atoms. The zero-order chi connectivity index (χ0) is 16.6. The predicted octanol–water partition coefficient (Wildman–Crippen LogP) is 4.38. The number of aromatic hydroxyl groups is 1. The second-order valence-electron chi connectivity index (χ2n) is 5.94. The van der Waals surface area contributed by atoms with Crippen LogP contribution in [0.2, 0.25) is 0 Å². The monoisotopic (exact) mass is 308 g/mol. The number of aliphatic imine (C=N–C) groups is 1. The molecule has 0 saturated carbocycles. The Hall–Kier alpha value is -2.95. The van der Waals surface area contributed by atoms with E-state index < -0.39 is 4.92 Å². The zero-order valence-electron chi connectivity index (χ0n) is 12.9. The standard InChI is InChI=1S/C18H16N2O3/c1-18(2)13-7-3-4-8-14(13)19-16(18)11-10-12-6-5-9-15(17(12)21)20(22)23/h3-11,21H,1-2H3/b11-10+. The maximum Gasteiger partial charge on any atom is 0.311 e. The molecule has 2 aromatic carbocycles. The van der Waals surface area contributed by atoms with Gasteiger partial charge in [-0.1, -0.05) is 44.2 Å². The van der Waals surface area contributed by atoms with Crippen molar-refractivity contribution >= 4 is 23.2 Å². The molecule has 0 unspecified atom stereocenters. The van der Waals surface area contributed by atoms with E-state index in [-0.39, 0.29) is 16.9 Å². The summed E-state index contributed by atoms with van der Waals surface area (Å²) in [6.45, 7) is 4.16. The Morgan fingerprint density at radius 1 is 1.13 bits per heavy atom. The summed E-state index contributed by atoms with van der Waals surface area (Å²) in [5.41, 5.74) is 2.77. The van der Waals surface area contributed by atoms with E-state index >= 15 is 0 Å². The molecule has 1 N–H and O–H groups in total. The molecule has 0 saturated heterocycles. The average molecular weight is 308 g/mol. The Balaban J connectivity index is 1.97. The van der Waals surface area contributed by atoms with Crippen molar-refractivity contribution in [2.45, 2.75) is 19.3 Å². The number of rotatable bonds is 3. The van der Waals surface area contributed by atoms with Gasteiger partial charge in [-0.3, -0.25) is 15.1 Å². The van der Waals surface area contributed by atoms with Crippen LogP contribution in [0.25, 0.3) is 6.08 Å². The van der Waals surface area contributed by atoms with Crippen molar-refractivity contribution in [2.24, 2.45) is 4.99 Å². The number of fused-ring (bicyclic) bond motifs is 1. The molecule has 116 valence electrons. The topological polar surface area (TPSA) is 75.7 Å². The Morgan fingerprint density at radius 2 is 1.87 bits per heavy atom. The second-order valence-corrected chi connectivity index (χ2v) is 5.94. The van der Waals surface area contributed by atoms with Crippen LogP contribution >= 0.6 is 0 Å². The highest BCUT2D eigenvalue weighted by Crippen LogP contribution is 2.40. The molecule has 0 spiro atoms. The lowest BCUT2D eigenvalue weighted by Crippen LogP contribution is -2.23. The summed E-state index contributed by atoms with van der Waals surface area (Å²) in [5.74, 6) is -0.331. The smallest absolute Gasteiger partial charge is 0.311 e. The molecule has 1 heterocycles. The first kappa shape index (κ1) is 15.0. The molecule has 0 fully saturated rings. The Morgan fingerprint density at radius 3 is 2.57 bits per heavy atom. The number of nitro groups is 1. The van der Waals surface area contributed by atoms with Gasteiger partial charge in [0.2, 0.25) is 5.75 Å². The fourth-order valence-corrected chi connectivity index (χ4v) is 2.75. The molecule has 5 nitrogen and oxygen atoms in total. The van der Waals surface area contributed by atoms with Crippen LogP contribution in [0.15, 0.2) is 53.5 Å². The van der Waals surface area contributed by atoms with Gasteiger partial charge in [0, 0.05) is 17.0 Å². The van der Waals surface area contributed by atoms with Crippen LogP contribution in [0.1, 0.15) is 25.0 Å². The fraction of sp³-hybridized carbons (Fsp3) is 0.167. The second kappa shape index (κ2) is 5.35. The quantitative estimate of drug-likeness (QED) is 0.675. The predicted molar refractivity (Wildman–Crippen MR) is 90.4 cm³/mol. The van der Waals surface area contributed by atoms with Crippen LogP contribution in [-0.4, -0.2) is 15.7 Å². The third kappa shape index (κ3) is 2.50. The summed E-state index contributed by atoms with van der Waals surface area (Å²) in [4.78, 5) is 14.9. The molecule has 3 rings (SSSR count). The van der Waals surface area contributed by atoms with Gasteiger partial charge in [0.05, 0.1) is 16.3 Å². The van der Waals surface area contributed by atoms with Crippen LogP contribution in [0.5, 0.6) is 5.75 Å². The van der Waals surface area contributed by atoms with E-state index in [1.807, 2.05) is 24.3 Å². The molecular weight excluding hydrogens is 292 g/mol. The molecule has 2 aromatic rings. The lowest BCUT2D eigenvalue weighted by molar-refractivity contribution is -0.385. The maximum atomic E-state index is 10.9. The molecule has 0 aliphatic carbocycles. The fourth-order valence-electron chi connectivity index (χ4n) is 2.75. The van der Waals surface area contributed by atoms with E-state index in [0.29, 0.717) is 5.56 Å². The minimum absolute atomic E-state index is 0.247. The third-order valence-electron chi connectivity index (χ3n) is 4.12. The van der Waals surface area contributed by atoms with E-state index in [1.54, 1.807) is 24.3 Å². The highest BCUT2D eigenvalue weighted by atomic mass is 16.6. The summed E-state index contributed by atoms with van der Waals surface area (Å²) in [6.07, 6.45) is 3.47. The van der Waals surface area contributed by atoms with Crippen molar-refractivity contribution < 1.29 is 10.0 Å². The molecule has 0 bridgehead atoms. The van der Waals surface area contributed by atoms with Crippen LogP contribution in [-0.2, 0) is 5.41 Å². The van der Waals surface area contributed by atoms with E-state index in [9.17, 15) is 15.2 Å². The first-order chi connectivity index (χ1) is 10.9. The Labute approximate surface area is 133 Å². The van der Waals surface area contributed by atoms with Gasteiger partial charge in [-0.2, -0.15) is 0 Å². The molecular formula is C18H16N2O3. The van der Waals surface area contributed by atoms with Gasteiger partial charge in [0.25, 0.3) is 0 Å². The van der Waals surface area contributed by atoms with Crippen LogP contribution in [0.3, 0.4) is 0 Å². The van der Waals surface area contributed by atoms with E-state index in [2.05, 4.69) is 18.8 Å². The zero-order valence-corrected chi connectivity index (χ0v) is 12.9. The van der Waals surface area contributed by atoms with Crippen LogP contribution in [0.4, 0.5) is 11.4 Å². The summed E-state index contributed by atoms with van der Waals surface area (Å²) >= 11 is 0. The number of nitrogens with zero attached hydrogens (tertiary/aromatic N) is 2. The van der Waals surface area contributed by atoms with Gasteiger partial charge in [-0.05, 0) is 23.8 Å². The number of nitro benzene ring substituents is 1. The Kier molecular flexibility index (Phi) is 3.48. The number of para-hydroxylation sites is 2. The molecule has 0 aromatic heterocycles. The van der Waals surface area contributed by atoms with Gasteiger partial charge in [-0.15, -0.1) is 0 Å². The normalized spacial score (nSPS) is 15.5. The van der Waals surface area contributed by atoms with E-state index in [4.69, 9.17) is 0 Å². The highest BCUT2D eigenvalue weighted by molar-refractivity contribution is 6.10. The van der Waals surface area contributed by atoms with Gasteiger partial charge >= 0.3 is 5.69 Å². The van der Waals surface area contributed by atoms with Crippen molar-refractivity contribution in [3.05, 3.63) is 69.8 Å². The van der Waals surface area contributed by atoms with Crippen LogP contribution in [0, 0.1) is 10.1 Å². The van der Waals surface area contributed by atoms with Crippen LogP contribution < -0.4 is 0 Å². The number of phenols is 1. The summed E-state index contributed by atoms with van der Waals surface area (Å²) in [7, 11) is 0. The van der Waals surface area contributed by atoms with Gasteiger partial charge in [-0.25, -0.2) is 0 Å². The number of benzene rings is 2. The van der Waals surface area contributed by atoms with E-state index in [0.717, 1.165) is 17.0 Å². The molecule has 5 heteroatoms. The largest absolute Gasteiger partial charge is 0.502 e. The van der Waals surface area contributed by atoms with Crippen molar-refractivity contribution in [3.63, 3.8) is 0 Å². The van der Waals surface area contributed by atoms with E-state index in [1.165, 1.54) is 6.07 Å². The van der Waals surface area contributed by atoms with Gasteiger partial charge in [0.15, 0.2) is 0 Å². The number of hydrogen-bond donors (Lipinski definition) is 1. The van der Waals surface area contributed by atoms with Crippen molar-refractivity contribution in [1.29, 1.82) is 0 Å². The van der Waals surface area contributed by atoms with Crippen molar-refractivity contribution in [3.8, 4) is 5.75 Å². The first-order valence-electron chi connectivity index (χ1n) is 7.24. The number of phenolic OH excluding ortho intramolecular Hbond substituents is 1. The lowest BCUT2D eigenvalue weighted by atomic mass is 9.81. The first-order valence-corrected chi connectivity index (χ1v) is 7.24. The number of allylic oxidation sites excluding steroid dienone is 1. The summed E-state index contributed by atoms with van der Waals surface area (Å²) in [6, 6.07) is 12.4. The SMILES string of the molecule is CC1(C)C(/C=C/c2cccc([N+](=O)[O-])c2O)=Nc2ccccc21. The van der Waals surface area contributed by atoms with Gasteiger partial charge in [0.1, 0.15) is 0 Å². The summed E-state index contributed by atoms with van der Waals surface area (Å²) < 4.78 is 0. The molecule has 0 radical (unpaired) electrons. The molecule has 0 atom stereocenters. The van der Waals surface area contributed by atoms with Crippen molar-refractivity contribution in [1.82, 2.24) is 0 Å². The molecule has 0 amide bonds. The lowest BCUT2D eigenvalue weighted by Gasteiger charge is -2.20. The average Bonchev–Trinajstić information content (AvgIpc) is 2.77. The number of hydrogen-bond acceptors (Lipinski definition) is 4. The summed E-state index contributed by atoms with van der Waals surface area (Å²) in [5, 5.41) is 20.9. The Bertz CT molecular complexity index is 851. The van der Waals surface area contributed by atoms with Gasteiger partial charge < -0.3 is 5.11 Å². The molecule has 1 aliphatic rings. The molecule has 1 aliphatic heterocycles. The minimum atomic E-state index is -0.598. The third-order valence-corrected chi connectivity index (χ3v) is 4.12. The minimum Gasteiger partial charge on any atom is -0.502 e. The van der Waals surface area contributed by atoms with Crippen molar-refractivity contribution in [2.75, 3.05) is 0 Å². The maximum absolute atomic E-state index is 10.9.